The van der Waals surface area contributed by atoms with Gasteiger partial charge in [-0.1, -0.05) is 5.16 Å². The predicted molar refractivity (Wildman–Crippen MR) is 68.8 cm³/mol. The van der Waals surface area contributed by atoms with E-state index in [-0.39, 0.29) is 17.7 Å². The van der Waals surface area contributed by atoms with Crippen LogP contribution in [0.15, 0.2) is 4.52 Å². The van der Waals surface area contributed by atoms with Gasteiger partial charge in [0.25, 0.3) is 0 Å². The Balaban J connectivity index is 1.69. The molecule has 1 aliphatic rings. The van der Waals surface area contributed by atoms with Crippen molar-refractivity contribution in [3.8, 4) is 0 Å². The standard InChI is InChI=1S/C13H19N3O4/c1-8-15-11(20-16-8)6-7-14-12(17)9-2-4-10(5-3-9)13(18)19/h9-10H,2-7H2,1H3,(H,14,17)(H,18,19). The Kier molecular flexibility index (Phi) is 4.70. The third-order valence-corrected chi connectivity index (χ3v) is 3.65. The molecule has 2 rings (SSSR count). The molecule has 1 aliphatic carbocycles. The Labute approximate surface area is 116 Å². The summed E-state index contributed by atoms with van der Waals surface area (Å²) in [6.07, 6.45) is 2.95. The lowest BCUT2D eigenvalue weighted by molar-refractivity contribution is -0.144. The first-order valence-electron chi connectivity index (χ1n) is 6.86. The summed E-state index contributed by atoms with van der Waals surface area (Å²) in [5.41, 5.74) is 0. The third-order valence-electron chi connectivity index (χ3n) is 3.65. The number of carboxylic acids is 1. The highest BCUT2D eigenvalue weighted by Crippen LogP contribution is 2.28. The van der Waals surface area contributed by atoms with Crippen molar-refractivity contribution in [3.05, 3.63) is 11.7 Å². The van der Waals surface area contributed by atoms with Gasteiger partial charge in [0, 0.05) is 18.9 Å². The molecule has 0 radical (unpaired) electrons. The van der Waals surface area contributed by atoms with Crippen molar-refractivity contribution < 1.29 is 19.2 Å². The van der Waals surface area contributed by atoms with Gasteiger partial charge >= 0.3 is 5.97 Å². The molecule has 1 aromatic heterocycles. The van der Waals surface area contributed by atoms with Gasteiger partial charge in [-0.3, -0.25) is 9.59 Å². The van der Waals surface area contributed by atoms with E-state index >= 15 is 0 Å². The minimum atomic E-state index is -0.754. The first kappa shape index (κ1) is 14.5. The number of hydrogen-bond acceptors (Lipinski definition) is 5. The van der Waals surface area contributed by atoms with Crippen LogP contribution in [0, 0.1) is 18.8 Å². The summed E-state index contributed by atoms with van der Waals surface area (Å²) >= 11 is 0. The average molecular weight is 281 g/mol. The van der Waals surface area contributed by atoms with Crippen LogP contribution >= 0.6 is 0 Å². The lowest BCUT2D eigenvalue weighted by Gasteiger charge is -2.25. The first-order chi connectivity index (χ1) is 9.56. The van der Waals surface area contributed by atoms with E-state index in [1.807, 2.05) is 0 Å². The van der Waals surface area contributed by atoms with Crippen LogP contribution in [0.3, 0.4) is 0 Å². The second-order valence-corrected chi connectivity index (χ2v) is 5.16. The number of nitrogens with one attached hydrogen (secondary N) is 1. The fraction of sp³-hybridized carbons (Fsp3) is 0.692. The number of carbonyl (C=O) groups excluding carboxylic acids is 1. The van der Waals surface area contributed by atoms with E-state index in [1.165, 1.54) is 0 Å². The molecule has 7 heteroatoms. The van der Waals surface area contributed by atoms with Crippen LogP contribution in [0.25, 0.3) is 0 Å². The highest BCUT2D eigenvalue weighted by atomic mass is 16.5. The molecule has 1 fully saturated rings. The van der Waals surface area contributed by atoms with Gasteiger partial charge in [0.2, 0.25) is 11.8 Å². The number of amides is 1. The van der Waals surface area contributed by atoms with Gasteiger partial charge in [-0.25, -0.2) is 0 Å². The quantitative estimate of drug-likeness (QED) is 0.831. The molecule has 0 saturated heterocycles. The molecule has 20 heavy (non-hydrogen) atoms. The topological polar surface area (TPSA) is 105 Å². The fourth-order valence-corrected chi connectivity index (χ4v) is 2.48. The van der Waals surface area contributed by atoms with Crippen molar-refractivity contribution in [2.45, 2.75) is 39.0 Å². The maximum Gasteiger partial charge on any atom is 0.306 e. The molecule has 1 aromatic rings. The van der Waals surface area contributed by atoms with E-state index in [0.29, 0.717) is 50.4 Å². The van der Waals surface area contributed by atoms with Crippen LogP contribution < -0.4 is 5.32 Å². The molecule has 0 unspecified atom stereocenters. The second kappa shape index (κ2) is 6.49. The molecule has 110 valence electrons. The summed E-state index contributed by atoms with van der Waals surface area (Å²) in [5, 5.41) is 15.4. The Bertz CT molecular complexity index is 478. The molecule has 0 spiro atoms. The summed E-state index contributed by atoms with van der Waals surface area (Å²) < 4.78 is 4.95. The number of nitrogens with zero attached hydrogens (tertiary/aromatic N) is 2. The monoisotopic (exact) mass is 281 g/mol. The van der Waals surface area contributed by atoms with Crippen LogP contribution in [-0.4, -0.2) is 33.7 Å². The van der Waals surface area contributed by atoms with Gasteiger partial charge in [0.05, 0.1) is 5.92 Å². The SMILES string of the molecule is Cc1noc(CCNC(=O)C2CCC(C(=O)O)CC2)n1. The maximum absolute atomic E-state index is 11.9. The summed E-state index contributed by atoms with van der Waals surface area (Å²) in [6.45, 7) is 2.20. The van der Waals surface area contributed by atoms with E-state index in [0.717, 1.165) is 0 Å². The van der Waals surface area contributed by atoms with Crippen LogP contribution in [-0.2, 0) is 16.0 Å². The number of carboxylic acid groups (broad SMARTS) is 1. The number of aryl methyl sites for hydroxylation is 1. The Morgan fingerprint density at radius 3 is 2.50 bits per heavy atom. The number of aliphatic carboxylic acids is 1. The van der Waals surface area contributed by atoms with Crippen molar-refractivity contribution in [2.75, 3.05) is 6.54 Å². The summed E-state index contributed by atoms with van der Waals surface area (Å²) in [6, 6.07) is 0. The molecular formula is C13H19N3O4. The minimum Gasteiger partial charge on any atom is -0.481 e. The van der Waals surface area contributed by atoms with Gasteiger partial charge in [0.1, 0.15) is 0 Å². The zero-order valence-corrected chi connectivity index (χ0v) is 11.5. The normalized spacial score (nSPS) is 22.4. The van der Waals surface area contributed by atoms with E-state index in [9.17, 15) is 9.59 Å². The van der Waals surface area contributed by atoms with Gasteiger partial charge in [-0.05, 0) is 32.6 Å². The summed E-state index contributed by atoms with van der Waals surface area (Å²) in [5.74, 6) is -0.0353. The highest BCUT2D eigenvalue weighted by Gasteiger charge is 2.29. The van der Waals surface area contributed by atoms with Crippen molar-refractivity contribution in [1.82, 2.24) is 15.5 Å². The van der Waals surface area contributed by atoms with Gasteiger partial charge in [0.15, 0.2) is 5.82 Å². The van der Waals surface area contributed by atoms with E-state index in [4.69, 9.17) is 9.63 Å². The molecule has 0 aliphatic heterocycles. The Hall–Kier alpha value is -1.92. The Morgan fingerprint density at radius 2 is 1.95 bits per heavy atom. The number of rotatable bonds is 5. The summed E-state index contributed by atoms with van der Waals surface area (Å²) in [7, 11) is 0. The second-order valence-electron chi connectivity index (χ2n) is 5.16. The third kappa shape index (κ3) is 3.79. The first-order valence-corrected chi connectivity index (χ1v) is 6.86. The van der Waals surface area contributed by atoms with E-state index in [1.54, 1.807) is 6.92 Å². The molecule has 1 saturated carbocycles. The molecule has 0 bridgehead atoms. The van der Waals surface area contributed by atoms with Crippen molar-refractivity contribution in [3.63, 3.8) is 0 Å². The van der Waals surface area contributed by atoms with Gasteiger partial charge in [-0.15, -0.1) is 0 Å². The molecule has 0 atom stereocenters. The van der Waals surface area contributed by atoms with Crippen LogP contribution in [0.2, 0.25) is 0 Å². The predicted octanol–water partition coefficient (Wildman–Crippen LogP) is 0.928. The average Bonchev–Trinajstić information content (AvgIpc) is 2.84. The molecular weight excluding hydrogens is 262 g/mol. The van der Waals surface area contributed by atoms with E-state index < -0.39 is 5.97 Å². The lowest BCUT2D eigenvalue weighted by Crippen LogP contribution is -2.35. The highest BCUT2D eigenvalue weighted by molar-refractivity contribution is 5.79. The molecule has 2 N–H and O–H groups in total. The van der Waals surface area contributed by atoms with Gasteiger partial charge < -0.3 is 14.9 Å². The number of hydrogen-bond donors (Lipinski definition) is 2. The fourth-order valence-electron chi connectivity index (χ4n) is 2.48. The van der Waals surface area contributed by atoms with Crippen LogP contribution in [0.5, 0.6) is 0 Å². The summed E-state index contributed by atoms with van der Waals surface area (Å²) in [4.78, 5) is 26.8. The smallest absolute Gasteiger partial charge is 0.306 e. The van der Waals surface area contributed by atoms with Crippen LogP contribution in [0.1, 0.15) is 37.4 Å². The molecule has 7 nitrogen and oxygen atoms in total. The lowest BCUT2D eigenvalue weighted by atomic mass is 9.81. The van der Waals surface area contributed by atoms with Crippen molar-refractivity contribution in [2.24, 2.45) is 11.8 Å². The van der Waals surface area contributed by atoms with E-state index in [2.05, 4.69) is 15.5 Å². The zero-order valence-electron chi connectivity index (χ0n) is 11.5. The Morgan fingerprint density at radius 1 is 1.30 bits per heavy atom. The van der Waals surface area contributed by atoms with Crippen molar-refractivity contribution in [1.29, 1.82) is 0 Å². The van der Waals surface area contributed by atoms with Crippen LogP contribution in [0.4, 0.5) is 0 Å². The minimum absolute atomic E-state index is 0.00919. The molecule has 1 amide bonds. The molecule has 0 aromatic carbocycles. The number of carbonyl (C=O) groups is 2. The number of aromatic nitrogens is 2. The van der Waals surface area contributed by atoms with Gasteiger partial charge in [-0.2, -0.15) is 4.98 Å². The van der Waals surface area contributed by atoms with Crippen molar-refractivity contribution >= 4 is 11.9 Å². The molecule has 1 heterocycles. The zero-order chi connectivity index (χ0) is 14.5. The largest absolute Gasteiger partial charge is 0.481 e. The maximum atomic E-state index is 11.9.